The molecule has 1 aliphatic carbocycles. The molecule has 96 valence electrons. The largest absolute Gasteiger partial charge is 0.393 e. The number of halogens is 2. The van der Waals surface area contributed by atoms with E-state index in [9.17, 15) is 13.9 Å². The third-order valence-corrected chi connectivity index (χ3v) is 3.17. The van der Waals surface area contributed by atoms with Crippen molar-refractivity contribution in [3.8, 4) is 0 Å². The first-order valence-electron chi connectivity index (χ1n) is 6.22. The maximum absolute atomic E-state index is 11.7. The molecule has 0 bridgehead atoms. The summed E-state index contributed by atoms with van der Waals surface area (Å²) >= 11 is 0. The van der Waals surface area contributed by atoms with Gasteiger partial charge in [0.25, 0.3) is 6.43 Å². The van der Waals surface area contributed by atoms with Crippen molar-refractivity contribution in [1.82, 2.24) is 0 Å². The van der Waals surface area contributed by atoms with Gasteiger partial charge in [0, 0.05) is 6.61 Å². The molecular weight excluding hydrogens is 214 g/mol. The number of alkyl halides is 2. The van der Waals surface area contributed by atoms with Gasteiger partial charge in [0.15, 0.2) is 0 Å². The highest BCUT2D eigenvalue weighted by Crippen LogP contribution is 2.27. The Morgan fingerprint density at radius 3 is 2.50 bits per heavy atom. The summed E-state index contributed by atoms with van der Waals surface area (Å²) in [6.07, 6.45) is 4.73. The van der Waals surface area contributed by atoms with Crippen molar-refractivity contribution in [1.29, 1.82) is 0 Å². The van der Waals surface area contributed by atoms with E-state index in [0.717, 1.165) is 6.42 Å². The lowest BCUT2D eigenvalue weighted by Gasteiger charge is -2.23. The Bertz CT molecular complexity index is 170. The number of aliphatic hydroxyl groups is 1. The fourth-order valence-corrected chi connectivity index (χ4v) is 2.32. The number of aliphatic hydroxyl groups excluding tert-OH is 1. The van der Waals surface area contributed by atoms with E-state index < -0.39 is 13.0 Å². The number of ether oxygens (including phenoxy) is 1. The molecule has 1 saturated carbocycles. The molecule has 0 aromatic carbocycles. The molecule has 1 unspecified atom stereocenters. The van der Waals surface area contributed by atoms with Gasteiger partial charge in [-0.15, -0.1) is 0 Å². The Labute approximate surface area is 96.0 Å². The van der Waals surface area contributed by atoms with Crippen LogP contribution in [0, 0.1) is 5.92 Å². The second-order valence-electron chi connectivity index (χ2n) is 4.65. The van der Waals surface area contributed by atoms with Crippen LogP contribution in [-0.2, 0) is 4.74 Å². The first kappa shape index (κ1) is 13.8. The van der Waals surface area contributed by atoms with E-state index in [4.69, 9.17) is 4.74 Å². The topological polar surface area (TPSA) is 29.5 Å². The summed E-state index contributed by atoms with van der Waals surface area (Å²) < 4.78 is 28.2. The third kappa shape index (κ3) is 6.38. The van der Waals surface area contributed by atoms with E-state index in [-0.39, 0.29) is 12.7 Å². The highest BCUT2D eigenvalue weighted by molar-refractivity contribution is 4.69. The van der Waals surface area contributed by atoms with Crippen LogP contribution in [0.25, 0.3) is 0 Å². The smallest absolute Gasteiger partial charge is 0.261 e. The monoisotopic (exact) mass is 236 g/mol. The maximum atomic E-state index is 11.7. The molecule has 16 heavy (non-hydrogen) atoms. The van der Waals surface area contributed by atoms with E-state index in [0.29, 0.717) is 12.3 Å². The van der Waals surface area contributed by atoms with E-state index in [1.807, 2.05) is 0 Å². The van der Waals surface area contributed by atoms with Crippen LogP contribution in [0.1, 0.15) is 44.9 Å². The van der Waals surface area contributed by atoms with Crippen LogP contribution in [0.3, 0.4) is 0 Å². The molecule has 1 rings (SSSR count). The van der Waals surface area contributed by atoms with Gasteiger partial charge in [-0.05, 0) is 18.8 Å². The van der Waals surface area contributed by atoms with Gasteiger partial charge in [-0.2, -0.15) is 0 Å². The summed E-state index contributed by atoms with van der Waals surface area (Å²) in [6.45, 7) is -0.283. The summed E-state index contributed by atoms with van der Waals surface area (Å²) in [5, 5.41) is 9.70. The standard InChI is InChI=1S/C12H22F2O2/c13-12(14)9-16-7-6-11(15)8-10-4-2-1-3-5-10/h10-12,15H,1-9H2. The van der Waals surface area contributed by atoms with Gasteiger partial charge in [-0.1, -0.05) is 32.1 Å². The van der Waals surface area contributed by atoms with E-state index in [2.05, 4.69) is 0 Å². The van der Waals surface area contributed by atoms with Crippen LogP contribution < -0.4 is 0 Å². The van der Waals surface area contributed by atoms with Crippen molar-refractivity contribution >= 4 is 0 Å². The highest BCUT2D eigenvalue weighted by atomic mass is 19.3. The van der Waals surface area contributed by atoms with Gasteiger partial charge in [-0.25, -0.2) is 8.78 Å². The Morgan fingerprint density at radius 2 is 1.88 bits per heavy atom. The van der Waals surface area contributed by atoms with Gasteiger partial charge < -0.3 is 9.84 Å². The summed E-state index contributed by atoms with van der Waals surface area (Å²) in [6, 6.07) is 0. The molecule has 1 atom stereocenters. The van der Waals surface area contributed by atoms with E-state index in [1.165, 1.54) is 32.1 Å². The number of rotatable bonds is 7. The van der Waals surface area contributed by atoms with Crippen molar-refractivity contribution in [2.75, 3.05) is 13.2 Å². The van der Waals surface area contributed by atoms with Crippen molar-refractivity contribution in [2.24, 2.45) is 5.92 Å². The van der Waals surface area contributed by atoms with Gasteiger partial charge in [0.2, 0.25) is 0 Å². The fourth-order valence-electron chi connectivity index (χ4n) is 2.32. The SMILES string of the molecule is OC(CCOCC(F)F)CC1CCCCC1. The lowest BCUT2D eigenvalue weighted by atomic mass is 9.85. The normalized spacial score (nSPS) is 20.2. The zero-order valence-electron chi connectivity index (χ0n) is 9.71. The molecule has 0 radical (unpaired) electrons. The molecule has 0 saturated heterocycles. The van der Waals surface area contributed by atoms with Crippen LogP contribution in [-0.4, -0.2) is 30.8 Å². The molecule has 0 heterocycles. The van der Waals surface area contributed by atoms with Crippen molar-refractivity contribution < 1.29 is 18.6 Å². The molecular formula is C12H22F2O2. The summed E-state index contributed by atoms with van der Waals surface area (Å²) in [7, 11) is 0. The lowest BCUT2D eigenvalue weighted by Crippen LogP contribution is -2.18. The van der Waals surface area contributed by atoms with Crippen LogP contribution in [0.2, 0.25) is 0 Å². The Morgan fingerprint density at radius 1 is 1.19 bits per heavy atom. The van der Waals surface area contributed by atoms with E-state index in [1.54, 1.807) is 0 Å². The Hall–Kier alpha value is -0.220. The summed E-state index contributed by atoms with van der Waals surface area (Å²) in [5.41, 5.74) is 0. The number of hydrogen-bond acceptors (Lipinski definition) is 2. The van der Waals surface area contributed by atoms with Gasteiger partial charge in [0.1, 0.15) is 6.61 Å². The van der Waals surface area contributed by atoms with Crippen LogP contribution in [0.15, 0.2) is 0 Å². The zero-order chi connectivity index (χ0) is 11.8. The molecule has 1 N–H and O–H groups in total. The second kappa shape index (κ2) is 7.96. The predicted molar refractivity (Wildman–Crippen MR) is 58.6 cm³/mol. The van der Waals surface area contributed by atoms with Gasteiger partial charge in [-0.3, -0.25) is 0 Å². The molecule has 0 aromatic heterocycles. The van der Waals surface area contributed by atoms with Crippen LogP contribution in [0.5, 0.6) is 0 Å². The fraction of sp³-hybridized carbons (Fsp3) is 1.00. The first-order valence-corrected chi connectivity index (χ1v) is 6.22. The average Bonchev–Trinajstić information content (AvgIpc) is 2.25. The number of hydrogen-bond donors (Lipinski definition) is 1. The third-order valence-electron chi connectivity index (χ3n) is 3.17. The summed E-state index contributed by atoms with van der Waals surface area (Å²) in [5.74, 6) is 0.624. The predicted octanol–water partition coefficient (Wildman–Crippen LogP) is 2.99. The molecule has 1 aliphatic rings. The van der Waals surface area contributed by atoms with E-state index >= 15 is 0 Å². The second-order valence-corrected chi connectivity index (χ2v) is 4.65. The lowest BCUT2D eigenvalue weighted by molar-refractivity contribution is 0.00183. The molecule has 0 spiro atoms. The molecule has 0 amide bonds. The first-order chi connectivity index (χ1) is 7.68. The quantitative estimate of drug-likeness (QED) is 0.689. The Balaban J connectivity index is 1.99. The summed E-state index contributed by atoms with van der Waals surface area (Å²) in [4.78, 5) is 0. The van der Waals surface area contributed by atoms with Gasteiger partial charge >= 0.3 is 0 Å². The minimum atomic E-state index is -2.41. The average molecular weight is 236 g/mol. The Kier molecular flexibility index (Phi) is 6.88. The molecule has 0 aromatic rings. The molecule has 4 heteroatoms. The molecule has 0 aliphatic heterocycles. The van der Waals surface area contributed by atoms with Crippen molar-refractivity contribution in [2.45, 2.75) is 57.5 Å². The van der Waals surface area contributed by atoms with Gasteiger partial charge in [0.05, 0.1) is 6.10 Å². The zero-order valence-corrected chi connectivity index (χ0v) is 9.71. The molecule has 2 nitrogen and oxygen atoms in total. The van der Waals surface area contributed by atoms with Crippen molar-refractivity contribution in [3.05, 3.63) is 0 Å². The highest BCUT2D eigenvalue weighted by Gasteiger charge is 2.17. The maximum Gasteiger partial charge on any atom is 0.261 e. The minimum absolute atomic E-state index is 0.234. The molecule has 1 fully saturated rings. The van der Waals surface area contributed by atoms with Crippen LogP contribution in [0.4, 0.5) is 8.78 Å². The van der Waals surface area contributed by atoms with Crippen LogP contribution >= 0.6 is 0 Å². The van der Waals surface area contributed by atoms with Crippen molar-refractivity contribution in [3.63, 3.8) is 0 Å². The minimum Gasteiger partial charge on any atom is -0.393 e.